The predicted octanol–water partition coefficient (Wildman–Crippen LogP) is 6.00. The van der Waals surface area contributed by atoms with Crippen molar-refractivity contribution in [1.82, 2.24) is 4.98 Å². The van der Waals surface area contributed by atoms with E-state index in [9.17, 15) is 4.79 Å². The van der Waals surface area contributed by atoms with E-state index in [2.05, 4.69) is 44.1 Å². The SMILES string of the molecule is CC1=C(c2cccnc2)[C@@]2(C)CCC3C(CCC4=CC(=O)CC[C@@]43C)C2C1. The van der Waals surface area contributed by atoms with Gasteiger partial charge in [0.05, 0.1) is 0 Å². The topological polar surface area (TPSA) is 30.0 Å². The molecule has 0 radical (unpaired) electrons. The number of aromatic nitrogens is 1. The van der Waals surface area contributed by atoms with Crippen LogP contribution in [-0.2, 0) is 4.79 Å². The molecule has 0 N–H and O–H groups in total. The minimum atomic E-state index is 0.267. The Balaban J connectivity index is 1.51. The van der Waals surface area contributed by atoms with Crippen molar-refractivity contribution in [2.75, 3.05) is 0 Å². The van der Waals surface area contributed by atoms with Crippen LogP contribution in [0, 0.1) is 28.6 Å². The number of nitrogens with zero attached hydrogens (tertiary/aromatic N) is 1. The van der Waals surface area contributed by atoms with Crippen LogP contribution in [0.4, 0.5) is 0 Å². The third kappa shape index (κ3) is 2.38. The number of hydrogen-bond donors (Lipinski definition) is 0. The average molecular weight is 362 g/mol. The first kappa shape index (κ1) is 17.4. The summed E-state index contributed by atoms with van der Waals surface area (Å²) in [4.78, 5) is 16.4. The van der Waals surface area contributed by atoms with Crippen LogP contribution in [0.3, 0.4) is 0 Å². The Morgan fingerprint density at radius 2 is 1.93 bits per heavy atom. The van der Waals surface area contributed by atoms with E-state index in [0.29, 0.717) is 5.78 Å². The monoisotopic (exact) mass is 361 g/mol. The van der Waals surface area contributed by atoms with Gasteiger partial charge in [-0.3, -0.25) is 9.78 Å². The first-order valence-electron chi connectivity index (χ1n) is 10.8. The Labute approximate surface area is 163 Å². The zero-order valence-electron chi connectivity index (χ0n) is 16.9. The molecule has 0 spiro atoms. The highest BCUT2D eigenvalue weighted by Crippen LogP contribution is 2.67. The molecule has 0 aromatic carbocycles. The van der Waals surface area contributed by atoms with Crippen LogP contribution >= 0.6 is 0 Å². The van der Waals surface area contributed by atoms with Gasteiger partial charge in [-0.2, -0.15) is 0 Å². The Bertz CT molecular complexity index is 850. The van der Waals surface area contributed by atoms with Crippen LogP contribution in [-0.4, -0.2) is 10.8 Å². The molecule has 0 amide bonds. The highest BCUT2D eigenvalue weighted by atomic mass is 16.1. The average Bonchev–Trinajstić information content (AvgIpc) is 2.93. The van der Waals surface area contributed by atoms with Crippen molar-refractivity contribution in [3.8, 4) is 0 Å². The van der Waals surface area contributed by atoms with Gasteiger partial charge in [-0.1, -0.05) is 31.1 Å². The van der Waals surface area contributed by atoms with Gasteiger partial charge in [-0.05, 0) is 97.3 Å². The lowest BCUT2D eigenvalue weighted by atomic mass is 9.46. The molecule has 1 heterocycles. The van der Waals surface area contributed by atoms with Crippen molar-refractivity contribution >= 4 is 11.4 Å². The summed E-state index contributed by atoms with van der Waals surface area (Å²) >= 11 is 0. The molecule has 3 unspecified atom stereocenters. The number of fused-ring (bicyclic) bond motifs is 5. The van der Waals surface area contributed by atoms with Crippen molar-refractivity contribution in [1.29, 1.82) is 0 Å². The zero-order valence-corrected chi connectivity index (χ0v) is 16.9. The Morgan fingerprint density at radius 1 is 1.07 bits per heavy atom. The molecular weight excluding hydrogens is 330 g/mol. The van der Waals surface area contributed by atoms with Crippen molar-refractivity contribution in [3.63, 3.8) is 0 Å². The fourth-order valence-electron chi connectivity index (χ4n) is 7.57. The number of allylic oxidation sites excluding steroid dienone is 4. The predicted molar refractivity (Wildman–Crippen MR) is 109 cm³/mol. The number of hydrogen-bond acceptors (Lipinski definition) is 2. The summed E-state index contributed by atoms with van der Waals surface area (Å²) in [6.07, 6.45) is 14.0. The van der Waals surface area contributed by atoms with Crippen molar-refractivity contribution in [3.05, 3.63) is 47.3 Å². The summed E-state index contributed by atoms with van der Waals surface area (Å²) < 4.78 is 0. The summed E-state index contributed by atoms with van der Waals surface area (Å²) in [5, 5.41) is 0. The van der Waals surface area contributed by atoms with Gasteiger partial charge in [-0.25, -0.2) is 0 Å². The molecule has 5 rings (SSSR count). The first-order chi connectivity index (χ1) is 12.9. The second-order valence-corrected chi connectivity index (χ2v) is 10.0. The molecule has 27 heavy (non-hydrogen) atoms. The summed E-state index contributed by atoms with van der Waals surface area (Å²) in [6, 6.07) is 4.33. The third-order valence-corrected chi connectivity index (χ3v) is 8.83. The largest absolute Gasteiger partial charge is 0.295 e. The third-order valence-electron chi connectivity index (χ3n) is 8.83. The Hall–Kier alpha value is -1.70. The maximum Gasteiger partial charge on any atom is 0.155 e. The van der Waals surface area contributed by atoms with Gasteiger partial charge in [0.1, 0.15) is 0 Å². The van der Waals surface area contributed by atoms with E-state index < -0.39 is 0 Å². The van der Waals surface area contributed by atoms with Crippen LogP contribution < -0.4 is 0 Å². The minimum Gasteiger partial charge on any atom is -0.295 e. The Kier molecular flexibility index (Phi) is 3.80. The van der Waals surface area contributed by atoms with Crippen molar-refractivity contribution in [2.24, 2.45) is 28.6 Å². The summed E-state index contributed by atoms with van der Waals surface area (Å²) in [5.41, 5.74) is 6.54. The van der Waals surface area contributed by atoms with Gasteiger partial charge in [0, 0.05) is 18.8 Å². The molecule has 0 aliphatic heterocycles. The van der Waals surface area contributed by atoms with E-state index >= 15 is 0 Å². The molecule has 2 heteroatoms. The van der Waals surface area contributed by atoms with E-state index in [1.165, 1.54) is 36.8 Å². The van der Waals surface area contributed by atoms with Gasteiger partial charge in [-0.15, -0.1) is 0 Å². The first-order valence-corrected chi connectivity index (χ1v) is 10.8. The highest BCUT2D eigenvalue weighted by molar-refractivity contribution is 5.91. The smallest absolute Gasteiger partial charge is 0.155 e. The number of ketones is 1. The Morgan fingerprint density at radius 3 is 2.70 bits per heavy atom. The van der Waals surface area contributed by atoms with Gasteiger partial charge in [0.2, 0.25) is 0 Å². The normalized spacial score (nSPS) is 40.9. The molecular formula is C25H31NO. The number of pyridine rings is 1. The maximum absolute atomic E-state index is 12.0. The molecule has 2 saturated carbocycles. The van der Waals surface area contributed by atoms with Crippen molar-refractivity contribution < 1.29 is 4.79 Å². The molecule has 142 valence electrons. The van der Waals surface area contributed by atoms with Gasteiger partial charge >= 0.3 is 0 Å². The van der Waals surface area contributed by atoms with E-state index in [-0.39, 0.29) is 10.8 Å². The van der Waals surface area contributed by atoms with Gasteiger partial charge in [0.15, 0.2) is 5.78 Å². The van der Waals surface area contributed by atoms with Crippen molar-refractivity contribution in [2.45, 2.75) is 65.7 Å². The van der Waals surface area contributed by atoms with Crippen LogP contribution in [0.25, 0.3) is 5.57 Å². The number of carbonyl (C=O) groups is 1. The van der Waals surface area contributed by atoms with Crippen LogP contribution in [0.1, 0.15) is 71.3 Å². The summed E-state index contributed by atoms with van der Waals surface area (Å²) in [6.45, 7) is 7.36. The van der Waals surface area contributed by atoms with E-state index in [0.717, 1.165) is 37.0 Å². The lowest BCUT2D eigenvalue weighted by Gasteiger charge is -2.57. The lowest BCUT2D eigenvalue weighted by molar-refractivity contribution is -0.117. The lowest BCUT2D eigenvalue weighted by Crippen LogP contribution is -2.49. The molecule has 2 nitrogen and oxygen atoms in total. The second kappa shape index (κ2) is 5.90. The summed E-state index contributed by atoms with van der Waals surface area (Å²) in [7, 11) is 0. The minimum absolute atomic E-state index is 0.267. The molecule has 2 fully saturated rings. The standard InChI is InChI=1S/C25H31NO/c1-16-13-22-20-7-6-18-14-19(27)8-10-24(18,2)21(20)9-11-25(22,3)23(16)17-5-4-12-26-15-17/h4-5,12,14-15,20-22H,6-11,13H2,1-3H3/t20?,21?,22?,24-,25-/m0/s1. The molecule has 1 aromatic heterocycles. The fraction of sp³-hybridized carbons (Fsp3) is 0.600. The fourth-order valence-corrected chi connectivity index (χ4v) is 7.57. The highest BCUT2D eigenvalue weighted by Gasteiger charge is 2.57. The molecule has 0 bridgehead atoms. The molecule has 5 atom stereocenters. The maximum atomic E-state index is 12.0. The van der Waals surface area contributed by atoms with E-state index in [4.69, 9.17) is 0 Å². The van der Waals surface area contributed by atoms with Gasteiger partial charge < -0.3 is 0 Å². The molecule has 4 aliphatic rings. The van der Waals surface area contributed by atoms with Crippen LogP contribution in [0.5, 0.6) is 0 Å². The number of rotatable bonds is 1. The molecule has 4 aliphatic carbocycles. The van der Waals surface area contributed by atoms with E-state index in [1.54, 1.807) is 11.1 Å². The summed E-state index contributed by atoms with van der Waals surface area (Å²) in [5.74, 6) is 2.66. The second-order valence-electron chi connectivity index (χ2n) is 10.0. The molecule has 0 saturated heterocycles. The molecule has 1 aromatic rings. The van der Waals surface area contributed by atoms with Crippen LogP contribution in [0.2, 0.25) is 0 Å². The number of carbonyl (C=O) groups excluding carboxylic acids is 1. The quantitative estimate of drug-likeness (QED) is 0.614. The van der Waals surface area contributed by atoms with Gasteiger partial charge in [0.25, 0.3) is 0 Å². The van der Waals surface area contributed by atoms with Crippen LogP contribution in [0.15, 0.2) is 41.7 Å². The van der Waals surface area contributed by atoms with E-state index in [1.807, 2.05) is 12.3 Å². The zero-order chi connectivity index (χ0) is 18.8.